The molecule has 0 aliphatic carbocycles. The van der Waals surface area contributed by atoms with Gasteiger partial charge in [-0.2, -0.15) is 0 Å². The first-order valence-electron chi connectivity index (χ1n) is 8.98. The second-order valence-electron chi connectivity index (χ2n) is 6.01. The van der Waals surface area contributed by atoms with Crippen LogP contribution in [-0.2, 0) is 9.59 Å². The molecule has 0 aliphatic rings. The number of hydrogen-bond donors (Lipinski definition) is 5. The van der Waals surface area contributed by atoms with Crippen LogP contribution in [0.15, 0.2) is 36.9 Å². The summed E-state index contributed by atoms with van der Waals surface area (Å²) in [5, 5.41) is 21.3. The maximum atomic E-state index is 12.2. The van der Waals surface area contributed by atoms with Crippen molar-refractivity contribution in [2.24, 2.45) is 0 Å². The second kappa shape index (κ2) is 12.8. The largest absolute Gasteiger partial charge is 0.480 e. The van der Waals surface area contributed by atoms with Crippen molar-refractivity contribution in [1.82, 2.24) is 10.6 Å². The maximum absolute atomic E-state index is 12.2. The zero-order chi connectivity index (χ0) is 20.1. The SMILES string of the molecule is C=CCNC(=S)Nc1cccc(NC(=O)CC(NCCCCC)C(=O)O)c1. The summed E-state index contributed by atoms with van der Waals surface area (Å²) in [6, 6.07) is 6.13. The molecule has 27 heavy (non-hydrogen) atoms. The first-order valence-corrected chi connectivity index (χ1v) is 9.39. The molecular weight excluding hydrogens is 364 g/mol. The molecule has 0 aliphatic heterocycles. The number of hydrogen-bond acceptors (Lipinski definition) is 4. The van der Waals surface area contributed by atoms with Crippen LogP contribution >= 0.6 is 12.2 Å². The van der Waals surface area contributed by atoms with Crippen molar-refractivity contribution in [3.05, 3.63) is 36.9 Å². The third-order valence-electron chi connectivity index (χ3n) is 3.67. The van der Waals surface area contributed by atoms with Gasteiger partial charge >= 0.3 is 5.97 Å². The smallest absolute Gasteiger partial charge is 0.321 e. The average Bonchev–Trinajstić information content (AvgIpc) is 2.62. The molecule has 8 heteroatoms. The Morgan fingerprint density at radius 1 is 1.26 bits per heavy atom. The van der Waals surface area contributed by atoms with E-state index in [-0.39, 0.29) is 12.3 Å². The summed E-state index contributed by atoms with van der Waals surface area (Å²) in [4.78, 5) is 23.5. The van der Waals surface area contributed by atoms with Gasteiger partial charge in [-0.15, -0.1) is 6.58 Å². The van der Waals surface area contributed by atoms with Crippen LogP contribution in [0.1, 0.15) is 32.6 Å². The monoisotopic (exact) mass is 392 g/mol. The van der Waals surface area contributed by atoms with Gasteiger partial charge in [0.05, 0.1) is 6.42 Å². The number of carbonyl (C=O) groups excluding carboxylic acids is 1. The van der Waals surface area contributed by atoms with Crippen molar-refractivity contribution in [2.45, 2.75) is 38.6 Å². The highest BCUT2D eigenvalue weighted by molar-refractivity contribution is 7.80. The van der Waals surface area contributed by atoms with Crippen molar-refractivity contribution in [2.75, 3.05) is 23.7 Å². The highest BCUT2D eigenvalue weighted by Crippen LogP contribution is 2.15. The van der Waals surface area contributed by atoms with E-state index in [2.05, 4.69) is 34.8 Å². The lowest BCUT2D eigenvalue weighted by molar-refractivity contribution is -0.141. The summed E-state index contributed by atoms with van der Waals surface area (Å²) >= 11 is 5.15. The molecule has 1 rings (SSSR count). The third-order valence-corrected chi connectivity index (χ3v) is 3.92. The molecule has 7 nitrogen and oxygen atoms in total. The van der Waals surface area contributed by atoms with Crippen molar-refractivity contribution >= 4 is 40.6 Å². The highest BCUT2D eigenvalue weighted by Gasteiger charge is 2.20. The summed E-state index contributed by atoms with van der Waals surface area (Å²) < 4.78 is 0. The Kier molecular flexibility index (Phi) is 10.7. The number of carbonyl (C=O) groups is 2. The van der Waals surface area contributed by atoms with Gasteiger partial charge in [0, 0.05) is 17.9 Å². The molecule has 0 fully saturated rings. The Hall–Kier alpha value is -2.45. The number of thiocarbonyl (C=S) groups is 1. The average molecular weight is 393 g/mol. The normalized spacial score (nSPS) is 11.3. The molecule has 1 aromatic rings. The molecule has 5 N–H and O–H groups in total. The number of carboxylic acid groups (broad SMARTS) is 1. The summed E-state index contributed by atoms with van der Waals surface area (Å²) in [6.45, 7) is 6.80. The lowest BCUT2D eigenvalue weighted by Gasteiger charge is -2.15. The van der Waals surface area contributed by atoms with Gasteiger partial charge in [-0.25, -0.2) is 0 Å². The Labute approximate surface area is 165 Å². The summed E-state index contributed by atoms with van der Waals surface area (Å²) in [5.74, 6) is -1.40. The molecular formula is C19H28N4O3S. The number of carboxylic acids is 1. The molecule has 0 radical (unpaired) electrons. The number of nitrogens with one attached hydrogen (secondary N) is 4. The fraction of sp³-hybridized carbons (Fsp3) is 0.421. The molecule has 0 heterocycles. The van der Waals surface area contributed by atoms with Gasteiger partial charge in [-0.1, -0.05) is 31.9 Å². The molecule has 148 valence electrons. The van der Waals surface area contributed by atoms with Crippen LogP contribution in [0.4, 0.5) is 11.4 Å². The Bertz CT molecular complexity index is 652. The highest BCUT2D eigenvalue weighted by atomic mass is 32.1. The molecule has 0 aromatic heterocycles. The Balaban J connectivity index is 2.56. The predicted molar refractivity (Wildman–Crippen MR) is 113 cm³/mol. The number of unbranched alkanes of at least 4 members (excludes halogenated alkanes) is 2. The van der Waals surface area contributed by atoms with Crippen molar-refractivity contribution in [3.8, 4) is 0 Å². The molecule has 0 spiro atoms. The van der Waals surface area contributed by atoms with Crippen LogP contribution < -0.4 is 21.3 Å². The predicted octanol–water partition coefficient (Wildman–Crippen LogP) is 2.72. The number of benzene rings is 1. The van der Waals surface area contributed by atoms with E-state index >= 15 is 0 Å². The van der Waals surface area contributed by atoms with Gasteiger partial charge < -0.3 is 26.4 Å². The van der Waals surface area contributed by atoms with E-state index in [4.69, 9.17) is 12.2 Å². The van der Waals surface area contributed by atoms with E-state index in [9.17, 15) is 14.7 Å². The van der Waals surface area contributed by atoms with E-state index in [0.29, 0.717) is 29.6 Å². The van der Waals surface area contributed by atoms with Crippen molar-refractivity contribution < 1.29 is 14.7 Å². The zero-order valence-electron chi connectivity index (χ0n) is 15.6. The third kappa shape index (κ3) is 9.72. The van der Waals surface area contributed by atoms with E-state index < -0.39 is 12.0 Å². The molecule has 1 aromatic carbocycles. The quantitative estimate of drug-likeness (QED) is 0.212. The minimum atomic E-state index is -1.03. The van der Waals surface area contributed by atoms with E-state index in [1.54, 1.807) is 24.3 Å². The van der Waals surface area contributed by atoms with E-state index in [0.717, 1.165) is 19.3 Å². The lowest BCUT2D eigenvalue weighted by Crippen LogP contribution is -2.40. The van der Waals surface area contributed by atoms with Gasteiger partial charge in [0.1, 0.15) is 6.04 Å². The summed E-state index contributed by atoms with van der Waals surface area (Å²) in [7, 11) is 0. The van der Waals surface area contributed by atoms with E-state index in [1.165, 1.54) is 0 Å². The summed E-state index contributed by atoms with van der Waals surface area (Å²) in [6.07, 6.45) is 4.51. The Morgan fingerprint density at radius 3 is 2.59 bits per heavy atom. The van der Waals surface area contributed by atoms with Gasteiger partial charge in [-0.3, -0.25) is 9.59 Å². The standard InChI is InChI=1S/C19H28N4O3S/c1-3-5-6-11-20-16(18(25)26)13-17(24)22-14-8-7-9-15(12-14)23-19(27)21-10-4-2/h4,7-9,12,16,20H,2-3,5-6,10-11,13H2,1H3,(H,22,24)(H,25,26)(H2,21,23,27). The first-order chi connectivity index (χ1) is 13.0. The van der Waals surface area contributed by atoms with Crippen LogP contribution in [0.2, 0.25) is 0 Å². The van der Waals surface area contributed by atoms with Crippen molar-refractivity contribution in [3.63, 3.8) is 0 Å². The van der Waals surface area contributed by atoms with Gasteiger partial charge in [0.25, 0.3) is 0 Å². The fourth-order valence-corrected chi connectivity index (χ4v) is 2.51. The fourth-order valence-electron chi connectivity index (χ4n) is 2.31. The minimum absolute atomic E-state index is 0.140. The zero-order valence-corrected chi connectivity index (χ0v) is 16.4. The number of rotatable bonds is 12. The topological polar surface area (TPSA) is 102 Å². The molecule has 0 saturated heterocycles. The van der Waals surface area contributed by atoms with Crippen LogP contribution in [0.25, 0.3) is 0 Å². The molecule has 1 amide bonds. The molecule has 1 unspecified atom stereocenters. The number of anilines is 2. The maximum Gasteiger partial charge on any atom is 0.321 e. The molecule has 1 atom stereocenters. The first kappa shape index (κ1) is 22.6. The van der Waals surface area contributed by atoms with Gasteiger partial charge in [-0.05, 0) is 43.4 Å². The summed E-state index contributed by atoms with van der Waals surface area (Å²) in [5.41, 5.74) is 1.27. The number of amides is 1. The number of aliphatic carboxylic acids is 1. The molecule has 0 saturated carbocycles. The van der Waals surface area contributed by atoms with Crippen LogP contribution in [-0.4, -0.2) is 41.2 Å². The van der Waals surface area contributed by atoms with Crippen LogP contribution in [0.5, 0.6) is 0 Å². The second-order valence-corrected chi connectivity index (χ2v) is 6.42. The lowest BCUT2D eigenvalue weighted by atomic mass is 10.1. The Morgan fingerprint density at radius 2 is 1.96 bits per heavy atom. The van der Waals surface area contributed by atoms with Gasteiger partial charge in [0.2, 0.25) is 5.91 Å². The minimum Gasteiger partial charge on any atom is -0.480 e. The van der Waals surface area contributed by atoms with E-state index in [1.807, 2.05) is 6.07 Å². The molecule has 0 bridgehead atoms. The van der Waals surface area contributed by atoms with Gasteiger partial charge in [0.15, 0.2) is 5.11 Å². The van der Waals surface area contributed by atoms with Crippen LogP contribution in [0, 0.1) is 0 Å². The van der Waals surface area contributed by atoms with Crippen molar-refractivity contribution in [1.29, 1.82) is 0 Å². The van der Waals surface area contributed by atoms with Crippen LogP contribution in [0.3, 0.4) is 0 Å².